The number of benzene rings is 1. The highest BCUT2D eigenvalue weighted by Gasteiger charge is 2.02. The molecule has 1 aromatic carbocycles. The summed E-state index contributed by atoms with van der Waals surface area (Å²) < 4.78 is 2.05. The van der Waals surface area contributed by atoms with Crippen molar-refractivity contribution >= 4 is 11.6 Å². The molecule has 2 aromatic heterocycles. The lowest BCUT2D eigenvalue weighted by atomic mass is 10.1. The van der Waals surface area contributed by atoms with Crippen molar-refractivity contribution in [3.05, 3.63) is 71.7 Å². The van der Waals surface area contributed by atoms with Crippen molar-refractivity contribution < 1.29 is 0 Å². The van der Waals surface area contributed by atoms with Crippen molar-refractivity contribution in [3.8, 4) is 0 Å². The van der Waals surface area contributed by atoms with Crippen LogP contribution in [0, 0.1) is 6.92 Å². The average Bonchev–Trinajstić information content (AvgIpc) is 3.02. The molecule has 3 rings (SSSR count). The largest absolute Gasteiger partial charge is 0.357 e. The van der Waals surface area contributed by atoms with E-state index in [1.54, 1.807) is 0 Å². The maximum Gasteiger partial charge on any atom is 0.191 e. The molecule has 0 saturated heterocycles. The number of fused-ring (bicyclic) bond motifs is 1. The summed E-state index contributed by atoms with van der Waals surface area (Å²) in [6.45, 7) is 6.49. The Labute approximate surface area is 148 Å². The second-order valence-corrected chi connectivity index (χ2v) is 6.06. The summed E-state index contributed by atoms with van der Waals surface area (Å²) in [7, 11) is 0. The number of guanidine groups is 1. The Morgan fingerprint density at radius 2 is 2.08 bits per heavy atom. The summed E-state index contributed by atoms with van der Waals surface area (Å²) in [5.41, 5.74) is 4.54. The molecular formula is C20H25N5. The van der Waals surface area contributed by atoms with Crippen LogP contribution in [0.1, 0.15) is 23.7 Å². The van der Waals surface area contributed by atoms with Crippen LogP contribution in [0.2, 0.25) is 0 Å². The van der Waals surface area contributed by atoms with Gasteiger partial charge < -0.3 is 15.0 Å². The number of aryl methyl sites for hydroxylation is 1. The summed E-state index contributed by atoms with van der Waals surface area (Å²) >= 11 is 0. The minimum atomic E-state index is 0.672. The number of imidazole rings is 1. The first-order valence-electron chi connectivity index (χ1n) is 8.75. The van der Waals surface area contributed by atoms with Crippen LogP contribution in [0.4, 0.5) is 0 Å². The van der Waals surface area contributed by atoms with Gasteiger partial charge in [-0.2, -0.15) is 0 Å². The molecule has 0 atom stereocenters. The zero-order chi connectivity index (χ0) is 17.5. The molecule has 0 aliphatic rings. The number of rotatable bonds is 6. The van der Waals surface area contributed by atoms with Crippen molar-refractivity contribution in [1.82, 2.24) is 20.0 Å². The van der Waals surface area contributed by atoms with E-state index < -0.39 is 0 Å². The van der Waals surface area contributed by atoms with Crippen molar-refractivity contribution in [2.24, 2.45) is 4.99 Å². The quantitative estimate of drug-likeness (QED) is 0.538. The highest BCUT2D eigenvalue weighted by molar-refractivity contribution is 5.79. The van der Waals surface area contributed by atoms with Gasteiger partial charge in [-0.3, -0.25) is 0 Å². The van der Waals surface area contributed by atoms with Gasteiger partial charge in [0.25, 0.3) is 0 Å². The van der Waals surface area contributed by atoms with Crippen LogP contribution in [0.5, 0.6) is 0 Å². The Morgan fingerprint density at radius 1 is 1.16 bits per heavy atom. The fourth-order valence-electron chi connectivity index (χ4n) is 2.74. The van der Waals surface area contributed by atoms with Gasteiger partial charge in [0.1, 0.15) is 5.65 Å². The number of aromatic nitrogens is 2. The predicted octanol–water partition coefficient (Wildman–Crippen LogP) is 2.94. The molecule has 2 heterocycles. The van der Waals surface area contributed by atoms with E-state index in [4.69, 9.17) is 0 Å². The van der Waals surface area contributed by atoms with Crippen molar-refractivity contribution in [1.29, 1.82) is 0 Å². The number of nitrogens with one attached hydrogen (secondary N) is 2. The first-order chi connectivity index (χ1) is 12.2. The first-order valence-corrected chi connectivity index (χ1v) is 8.75. The number of pyridine rings is 1. The topological polar surface area (TPSA) is 53.7 Å². The van der Waals surface area contributed by atoms with Gasteiger partial charge in [-0.15, -0.1) is 0 Å². The molecule has 0 aliphatic heterocycles. The SMILES string of the molecule is CCNC(=NCc1cccc(C)c1)NCCc1cn2ccccc2n1. The van der Waals surface area contributed by atoms with Gasteiger partial charge in [-0.1, -0.05) is 35.9 Å². The summed E-state index contributed by atoms with van der Waals surface area (Å²) in [5, 5.41) is 6.68. The lowest BCUT2D eigenvalue weighted by Gasteiger charge is -2.10. The zero-order valence-electron chi connectivity index (χ0n) is 14.9. The van der Waals surface area contributed by atoms with Crippen molar-refractivity contribution in [3.63, 3.8) is 0 Å². The second kappa shape index (κ2) is 8.33. The van der Waals surface area contributed by atoms with Crippen LogP contribution >= 0.6 is 0 Å². The normalized spacial score (nSPS) is 11.7. The second-order valence-electron chi connectivity index (χ2n) is 6.06. The van der Waals surface area contributed by atoms with Crippen LogP contribution < -0.4 is 10.6 Å². The molecule has 0 fully saturated rings. The monoisotopic (exact) mass is 335 g/mol. The molecule has 0 aliphatic carbocycles. The molecule has 5 nitrogen and oxygen atoms in total. The fraction of sp³-hybridized carbons (Fsp3) is 0.300. The first kappa shape index (κ1) is 17.0. The maximum atomic E-state index is 4.67. The molecule has 25 heavy (non-hydrogen) atoms. The maximum absolute atomic E-state index is 4.67. The molecule has 5 heteroatoms. The van der Waals surface area contributed by atoms with Gasteiger partial charge in [0.2, 0.25) is 0 Å². The zero-order valence-corrected chi connectivity index (χ0v) is 14.9. The van der Waals surface area contributed by atoms with Gasteiger partial charge in [-0.05, 0) is 31.5 Å². The third-order valence-corrected chi connectivity index (χ3v) is 3.93. The van der Waals surface area contributed by atoms with Crippen LogP contribution in [0.25, 0.3) is 5.65 Å². The third kappa shape index (κ3) is 4.83. The molecule has 0 spiro atoms. The molecule has 2 N–H and O–H groups in total. The van der Waals surface area contributed by atoms with Crippen LogP contribution in [0.15, 0.2) is 59.9 Å². The number of hydrogen-bond acceptors (Lipinski definition) is 2. The predicted molar refractivity (Wildman–Crippen MR) is 103 cm³/mol. The highest BCUT2D eigenvalue weighted by Crippen LogP contribution is 2.06. The van der Waals surface area contributed by atoms with E-state index in [0.717, 1.165) is 36.8 Å². The van der Waals surface area contributed by atoms with E-state index in [-0.39, 0.29) is 0 Å². The lowest BCUT2D eigenvalue weighted by Crippen LogP contribution is -2.38. The van der Waals surface area contributed by atoms with Gasteiger partial charge in [-0.25, -0.2) is 9.98 Å². The number of aliphatic imine (C=N–C) groups is 1. The molecule has 0 amide bonds. The molecule has 0 saturated carbocycles. The molecular weight excluding hydrogens is 310 g/mol. The Balaban J connectivity index is 1.56. The van der Waals surface area contributed by atoms with Crippen LogP contribution in [-0.2, 0) is 13.0 Å². The summed E-state index contributed by atoms with van der Waals surface area (Å²) in [5.74, 6) is 0.841. The van der Waals surface area contributed by atoms with Gasteiger partial charge in [0, 0.05) is 31.9 Å². The third-order valence-electron chi connectivity index (χ3n) is 3.93. The van der Waals surface area contributed by atoms with Crippen LogP contribution in [0.3, 0.4) is 0 Å². The van der Waals surface area contributed by atoms with E-state index in [9.17, 15) is 0 Å². The smallest absolute Gasteiger partial charge is 0.191 e. The molecule has 0 radical (unpaired) electrons. The summed E-state index contributed by atoms with van der Waals surface area (Å²) in [6, 6.07) is 14.5. The van der Waals surface area contributed by atoms with Crippen molar-refractivity contribution in [2.75, 3.05) is 13.1 Å². The molecule has 130 valence electrons. The van der Waals surface area contributed by atoms with E-state index in [1.807, 2.05) is 28.8 Å². The standard InChI is InChI=1S/C20H25N5/c1-3-21-20(23-14-17-8-6-7-16(2)13-17)22-11-10-18-15-25-12-5-4-9-19(25)24-18/h4-9,12-13,15H,3,10-11,14H2,1-2H3,(H2,21,22,23). The Hall–Kier alpha value is -2.82. The summed E-state index contributed by atoms with van der Waals surface area (Å²) in [6.07, 6.45) is 4.96. The van der Waals surface area contributed by atoms with E-state index >= 15 is 0 Å². The molecule has 3 aromatic rings. The molecule has 0 bridgehead atoms. The Morgan fingerprint density at radius 3 is 2.88 bits per heavy atom. The average molecular weight is 335 g/mol. The molecule has 0 unspecified atom stereocenters. The Kier molecular flexibility index (Phi) is 5.67. The van der Waals surface area contributed by atoms with E-state index in [0.29, 0.717) is 6.54 Å². The van der Waals surface area contributed by atoms with Gasteiger partial charge >= 0.3 is 0 Å². The number of hydrogen-bond donors (Lipinski definition) is 2. The number of nitrogens with zero attached hydrogens (tertiary/aromatic N) is 3. The van der Waals surface area contributed by atoms with E-state index in [1.165, 1.54) is 11.1 Å². The minimum absolute atomic E-state index is 0.672. The van der Waals surface area contributed by atoms with Gasteiger partial charge in [0.15, 0.2) is 5.96 Å². The van der Waals surface area contributed by atoms with Crippen LogP contribution in [-0.4, -0.2) is 28.4 Å². The van der Waals surface area contributed by atoms with E-state index in [2.05, 4.69) is 64.9 Å². The summed E-state index contributed by atoms with van der Waals surface area (Å²) in [4.78, 5) is 9.29. The highest BCUT2D eigenvalue weighted by atomic mass is 15.2. The van der Waals surface area contributed by atoms with Crippen molar-refractivity contribution in [2.45, 2.75) is 26.8 Å². The Bertz CT molecular complexity index is 817. The fourth-order valence-corrected chi connectivity index (χ4v) is 2.74. The van der Waals surface area contributed by atoms with Gasteiger partial charge in [0.05, 0.1) is 12.2 Å². The lowest BCUT2D eigenvalue weighted by molar-refractivity contribution is 0.791. The minimum Gasteiger partial charge on any atom is -0.357 e.